The van der Waals surface area contributed by atoms with Gasteiger partial charge in [-0.1, -0.05) is 30.0 Å². The van der Waals surface area contributed by atoms with Gasteiger partial charge in [0.15, 0.2) is 21.9 Å². The van der Waals surface area contributed by atoms with Gasteiger partial charge in [0.1, 0.15) is 5.58 Å². The fraction of sp³-hybridized carbons (Fsp3) is 0.222. The minimum Gasteiger partial charge on any atom is -0.453 e. The van der Waals surface area contributed by atoms with Crippen LogP contribution in [0.3, 0.4) is 0 Å². The molecule has 27 heavy (non-hydrogen) atoms. The van der Waals surface area contributed by atoms with Crippen molar-refractivity contribution < 1.29 is 9.21 Å². The predicted octanol–water partition coefficient (Wildman–Crippen LogP) is 4.03. The van der Waals surface area contributed by atoms with Crippen molar-refractivity contribution in [2.24, 2.45) is 7.05 Å². The van der Waals surface area contributed by atoms with E-state index in [0.29, 0.717) is 21.9 Å². The standard InChI is InChI=1S/C18H17N5O2S2/c1-10-11(2)27-17(19-10)20-15(24)9-26-18-22-21-16(23(18)3)14-8-12-6-4-5-7-13(12)25-14/h4-8H,9H2,1-3H3,(H,19,20,24). The number of aromatic nitrogens is 4. The first-order valence-electron chi connectivity index (χ1n) is 8.26. The average Bonchev–Trinajstić information content (AvgIpc) is 3.30. The number of carbonyl (C=O) groups excluding carboxylic acids is 1. The normalized spacial score (nSPS) is 11.2. The molecule has 0 aliphatic rings. The van der Waals surface area contributed by atoms with Gasteiger partial charge in [-0.25, -0.2) is 4.98 Å². The maximum Gasteiger partial charge on any atom is 0.236 e. The Morgan fingerprint density at radius 2 is 2.11 bits per heavy atom. The second-order valence-corrected chi connectivity index (χ2v) is 8.16. The molecular weight excluding hydrogens is 382 g/mol. The molecule has 7 nitrogen and oxygen atoms in total. The Balaban J connectivity index is 1.45. The van der Waals surface area contributed by atoms with Gasteiger partial charge in [0.2, 0.25) is 5.91 Å². The Morgan fingerprint density at radius 3 is 2.85 bits per heavy atom. The van der Waals surface area contributed by atoms with E-state index in [1.165, 1.54) is 23.1 Å². The van der Waals surface area contributed by atoms with Crippen LogP contribution < -0.4 is 5.32 Å². The van der Waals surface area contributed by atoms with E-state index in [1.807, 2.05) is 55.8 Å². The molecule has 1 N–H and O–H groups in total. The van der Waals surface area contributed by atoms with Crippen LogP contribution in [0, 0.1) is 13.8 Å². The van der Waals surface area contributed by atoms with E-state index in [0.717, 1.165) is 21.5 Å². The molecule has 9 heteroatoms. The van der Waals surface area contributed by atoms with Crippen molar-refractivity contribution in [3.8, 4) is 11.6 Å². The van der Waals surface area contributed by atoms with E-state index in [-0.39, 0.29) is 11.7 Å². The van der Waals surface area contributed by atoms with Crippen molar-refractivity contribution in [2.45, 2.75) is 19.0 Å². The summed E-state index contributed by atoms with van der Waals surface area (Å²) in [5, 5.41) is 13.5. The van der Waals surface area contributed by atoms with Gasteiger partial charge in [0.25, 0.3) is 0 Å². The molecule has 0 atom stereocenters. The highest BCUT2D eigenvalue weighted by Crippen LogP contribution is 2.28. The maximum atomic E-state index is 12.2. The number of fused-ring (bicyclic) bond motifs is 1. The highest BCUT2D eigenvalue weighted by atomic mass is 32.2. The molecule has 1 aromatic carbocycles. The quantitative estimate of drug-likeness (QED) is 0.510. The van der Waals surface area contributed by atoms with Crippen molar-refractivity contribution >= 4 is 45.1 Å². The summed E-state index contributed by atoms with van der Waals surface area (Å²) in [5.41, 5.74) is 1.74. The Labute approximate surface area is 163 Å². The lowest BCUT2D eigenvalue weighted by atomic mass is 10.2. The number of carbonyl (C=O) groups is 1. The predicted molar refractivity (Wildman–Crippen MR) is 107 cm³/mol. The molecule has 4 rings (SSSR count). The number of amides is 1. The third-order valence-corrected chi connectivity index (χ3v) is 6.10. The Kier molecular flexibility index (Phi) is 4.71. The molecule has 1 amide bonds. The Hall–Kier alpha value is -2.65. The molecule has 0 spiro atoms. The van der Waals surface area contributed by atoms with Crippen LogP contribution in [0.2, 0.25) is 0 Å². The summed E-state index contributed by atoms with van der Waals surface area (Å²) in [6.07, 6.45) is 0. The monoisotopic (exact) mass is 399 g/mol. The Bertz CT molecular complexity index is 1080. The SMILES string of the molecule is Cc1nc(NC(=O)CSc2nnc(-c3cc4ccccc4o3)n2C)sc1C. The van der Waals surface area contributed by atoms with Gasteiger partial charge in [-0.05, 0) is 26.0 Å². The number of nitrogens with one attached hydrogen (secondary N) is 1. The van der Waals surface area contributed by atoms with Crippen LogP contribution in [-0.2, 0) is 11.8 Å². The van der Waals surface area contributed by atoms with Gasteiger partial charge >= 0.3 is 0 Å². The number of benzene rings is 1. The summed E-state index contributed by atoms with van der Waals surface area (Å²) in [7, 11) is 1.86. The molecule has 0 fully saturated rings. The van der Waals surface area contributed by atoms with Crippen LogP contribution in [0.25, 0.3) is 22.6 Å². The van der Waals surface area contributed by atoms with Gasteiger partial charge in [0.05, 0.1) is 11.4 Å². The van der Waals surface area contributed by atoms with Crippen LogP contribution in [0.5, 0.6) is 0 Å². The number of furan rings is 1. The lowest BCUT2D eigenvalue weighted by Gasteiger charge is -2.02. The summed E-state index contributed by atoms with van der Waals surface area (Å²) in [6.45, 7) is 3.91. The number of thiazole rings is 1. The van der Waals surface area contributed by atoms with Crippen LogP contribution >= 0.6 is 23.1 Å². The lowest BCUT2D eigenvalue weighted by molar-refractivity contribution is -0.113. The van der Waals surface area contributed by atoms with Gasteiger partial charge in [-0.15, -0.1) is 21.5 Å². The number of thioether (sulfide) groups is 1. The van der Waals surface area contributed by atoms with Crippen LogP contribution in [0.15, 0.2) is 39.9 Å². The minimum atomic E-state index is -0.123. The van der Waals surface area contributed by atoms with Crippen molar-refractivity contribution in [2.75, 3.05) is 11.1 Å². The first-order chi connectivity index (χ1) is 13.0. The molecule has 0 aliphatic carbocycles. The zero-order chi connectivity index (χ0) is 19.0. The maximum absolute atomic E-state index is 12.2. The Morgan fingerprint density at radius 1 is 1.30 bits per heavy atom. The van der Waals surface area contributed by atoms with Crippen LogP contribution in [0.4, 0.5) is 5.13 Å². The van der Waals surface area contributed by atoms with Crippen LogP contribution in [0.1, 0.15) is 10.6 Å². The van der Waals surface area contributed by atoms with Gasteiger partial charge in [0, 0.05) is 17.3 Å². The molecule has 0 unspecified atom stereocenters. The molecule has 3 aromatic heterocycles. The fourth-order valence-electron chi connectivity index (χ4n) is 2.56. The number of aryl methyl sites for hydroxylation is 2. The number of para-hydroxylation sites is 1. The molecule has 4 aromatic rings. The van der Waals surface area contributed by atoms with E-state index in [9.17, 15) is 4.79 Å². The van der Waals surface area contributed by atoms with E-state index >= 15 is 0 Å². The van der Waals surface area contributed by atoms with E-state index in [2.05, 4.69) is 20.5 Å². The topological polar surface area (TPSA) is 85.8 Å². The number of hydrogen-bond donors (Lipinski definition) is 1. The highest BCUT2D eigenvalue weighted by Gasteiger charge is 2.16. The summed E-state index contributed by atoms with van der Waals surface area (Å²) >= 11 is 2.79. The third kappa shape index (κ3) is 3.60. The van der Waals surface area contributed by atoms with Gasteiger partial charge in [-0.3, -0.25) is 4.79 Å². The summed E-state index contributed by atoms with van der Waals surface area (Å²) in [6, 6.07) is 9.73. The smallest absolute Gasteiger partial charge is 0.236 e. The second-order valence-electron chi connectivity index (χ2n) is 6.01. The first-order valence-corrected chi connectivity index (χ1v) is 10.1. The number of hydrogen-bond acceptors (Lipinski definition) is 7. The summed E-state index contributed by atoms with van der Waals surface area (Å²) in [4.78, 5) is 17.6. The van der Waals surface area contributed by atoms with Crippen molar-refractivity contribution in [1.29, 1.82) is 0 Å². The van der Waals surface area contributed by atoms with Crippen LogP contribution in [-0.4, -0.2) is 31.4 Å². The summed E-state index contributed by atoms with van der Waals surface area (Å²) < 4.78 is 7.67. The van der Waals surface area contributed by atoms with E-state index in [1.54, 1.807) is 0 Å². The molecule has 0 bridgehead atoms. The third-order valence-electron chi connectivity index (χ3n) is 4.09. The zero-order valence-corrected chi connectivity index (χ0v) is 16.6. The average molecular weight is 400 g/mol. The lowest BCUT2D eigenvalue weighted by Crippen LogP contribution is -2.14. The van der Waals surface area contributed by atoms with Crippen molar-refractivity contribution in [1.82, 2.24) is 19.7 Å². The number of rotatable bonds is 5. The van der Waals surface area contributed by atoms with Crippen molar-refractivity contribution in [3.05, 3.63) is 40.9 Å². The molecule has 0 saturated carbocycles. The highest BCUT2D eigenvalue weighted by molar-refractivity contribution is 7.99. The zero-order valence-electron chi connectivity index (χ0n) is 15.0. The molecule has 3 heterocycles. The fourth-order valence-corrected chi connectivity index (χ4v) is 4.10. The first kappa shape index (κ1) is 17.7. The van der Waals surface area contributed by atoms with Gasteiger partial charge < -0.3 is 14.3 Å². The largest absolute Gasteiger partial charge is 0.453 e. The molecule has 0 aliphatic heterocycles. The van der Waals surface area contributed by atoms with E-state index < -0.39 is 0 Å². The minimum absolute atomic E-state index is 0.123. The van der Waals surface area contributed by atoms with Crippen molar-refractivity contribution in [3.63, 3.8) is 0 Å². The van der Waals surface area contributed by atoms with Gasteiger partial charge in [-0.2, -0.15) is 0 Å². The van der Waals surface area contributed by atoms with E-state index in [4.69, 9.17) is 4.42 Å². The second kappa shape index (κ2) is 7.16. The molecule has 138 valence electrons. The molecule has 0 radical (unpaired) electrons. The number of nitrogens with zero attached hydrogens (tertiary/aromatic N) is 4. The number of anilines is 1. The molecule has 0 saturated heterocycles. The molecular formula is C18H17N5O2S2. The summed E-state index contributed by atoms with van der Waals surface area (Å²) in [5.74, 6) is 1.38.